The van der Waals surface area contributed by atoms with Crippen LogP contribution in [0.5, 0.6) is 0 Å². The van der Waals surface area contributed by atoms with Crippen LogP contribution < -0.4 is 0 Å². The van der Waals surface area contributed by atoms with Crippen LogP contribution in [0, 0.1) is 12.7 Å². The van der Waals surface area contributed by atoms with E-state index in [2.05, 4.69) is 0 Å². The Kier molecular flexibility index (Phi) is 4.14. The van der Waals surface area contributed by atoms with Gasteiger partial charge >= 0.3 is 0 Å². The van der Waals surface area contributed by atoms with Crippen molar-refractivity contribution in [2.45, 2.75) is 6.92 Å². The van der Waals surface area contributed by atoms with Crippen molar-refractivity contribution in [3.05, 3.63) is 59.3 Å². The molecule has 0 saturated carbocycles. The highest BCUT2D eigenvalue weighted by Crippen LogP contribution is 2.15. The topological polar surface area (TPSA) is 53.8 Å². The lowest BCUT2D eigenvalue weighted by Gasteiger charge is -2.34. The molecular formula is C17H17FN2O3. The van der Waals surface area contributed by atoms with Crippen LogP contribution in [-0.2, 0) is 0 Å². The smallest absolute Gasteiger partial charge is 0.257 e. The van der Waals surface area contributed by atoms with Gasteiger partial charge in [-0.1, -0.05) is 0 Å². The number of rotatable bonds is 2. The zero-order valence-corrected chi connectivity index (χ0v) is 12.8. The highest BCUT2D eigenvalue weighted by molar-refractivity contribution is 5.96. The Balaban J connectivity index is 1.62. The van der Waals surface area contributed by atoms with Crippen molar-refractivity contribution in [3.63, 3.8) is 0 Å². The number of piperazine rings is 1. The lowest BCUT2D eigenvalue weighted by atomic mass is 10.1. The zero-order chi connectivity index (χ0) is 16.4. The molecule has 0 bridgehead atoms. The highest BCUT2D eigenvalue weighted by Gasteiger charge is 2.26. The molecule has 0 radical (unpaired) electrons. The second-order valence-corrected chi connectivity index (χ2v) is 5.48. The van der Waals surface area contributed by atoms with Crippen molar-refractivity contribution >= 4 is 11.8 Å². The molecule has 1 aliphatic rings. The van der Waals surface area contributed by atoms with Gasteiger partial charge in [0.15, 0.2) is 0 Å². The lowest BCUT2D eigenvalue weighted by molar-refractivity contribution is 0.0534. The summed E-state index contributed by atoms with van der Waals surface area (Å²) in [5, 5.41) is 0. The zero-order valence-electron chi connectivity index (χ0n) is 12.8. The fourth-order valence-electron chi connectivity index (χ4n) is 2.66. The van der Waals surface area contributed by atoms with Crippen molar-refractivity contribution in [3.8, 4) is 0 Å². The number of nitrogens with zero attached hydrogens (tertiary/aromatic N) is 2. The Morgan fingerprint density at radius 3 is 2.04 bits per heavy atom. The fraction of sp³-hybridized carbons (Fsp3) is 0.294. The van der Waals surface area contributed by atoms with Crippen LogP contribution in [0.3, 0.4) is 0 Å². The van der Waals surface area contributed by atoms with Crippen molar-refractivity contribution in [1.82, 2.24) is 9.80 Å². The molecule has 6 heteroatoms. The maximum Gasteiger partial charge on any atom is 0.257 e. The molecule has 120 valence electrons. The Bertz CT molecular complexity index is 716. The van der Waals surface area contributed by atoms with Gasteiger partial charge in [0.2, 0.25) is 0 Å². The molecule has 1 fully saturated rings. The first kappa shape index (κ1) is 15.3. The summed E-state index contributed by atoms with van der Waals surface area (Å²) in [6.07, 6.45) is 1.50. The summed E-state index contributed by atoms with van der Waals surface area (Å²) >= 11 is 0. The summed E-state index contributed by atoms with van der Waals surface area (Å²) in [7, 11) is 0. The Hall–Kier alpha value is -2.63. The average Bonchev–Trinajstić information content (AvgIpc) is 3.00. The number of halogens is 1. The molecule has 0 spiro atoms. The van der Waals surface area contributed by atoms with Gasteiger partial charge in [-0.3, -0.25) is 9.59 Å². The monoisotopic (exact) mass is 316 g/mol. The van der Waals surface area contributed by atoms with Crippen LogP contribution >= 0.6 is 0 Å². The van der Waals surface area contributed by atoms with Crippen molar-refractivity contribution in [2.75, 3.05) is 26.2 Å². The Labute approximate surface area is 133 Å². The van der Waals surface area contributed by atoms with Gasteiger partial charge in [-0.25, -0.2) is 4.39 Å². The molecule has 2 aromatic rings. The molecule has 2 heterocycles. The summed E-state index contributed by atoms with van der Waals surface area (Å²) in [5.41, 5.74) is 1.01. The van der Waals surface area contributed by atoms with E-state index in [0.717, 1.165) is 0 Å². The van der Waals surface area contributed by atoms with Gasteiger partial charge in [0.1, 0.15) is 11.6 Å². The van der Waals surface area contributed by atoms with E-state index >= 15 is 0 Å². The van der Waals surface area contributed by atoms with Crippen LogP contribution in [0.25, 0.3) is 0 Å². The lowest BCUT2D eigenvalue weighted by Crippen LogP contribution is -2.50. The third kappa shape index (κ3) is 3.11. The van der Waals surface area contributed by atoms with Crippen molar-refractivity contribution in [1.29, 1.82) is 0 Å². The molecular weight excluding hydrogens is 299 g/mol. The summed E-state index contributed by atoms with van der Waals surface area (Å²) in [6, 6.07) is 7.16. The minimum Gasteiger partial charge on any atom is -0.469 e. The molecule has 0 atom stereocenters. The van der Waals surface area contributed by atoms with Crippen LogP contribution in [0.1, 0.15) is 26.5 Å². The number of furan rings is 1. The molecule has 0 N–H and O–H groups in total. The summed E-state index contributed by atoms with van der Waals surface area (Å²) in [4.78, 5) is 28.1. The molecule has 1 aromatic heterocycles. The molecule has 0 aliphatic carbocycles. The molecule has 2 amide bonds. The third-order valence-electron chi connectivity index (χ3n) is 4.03. The number of hydrogen-bond donors (Lipinski definition) is 0. The maximum atomic E-state index is 12.9. The van der Waals surface area contributed by atoms with E-state index < -0.39 is 0 Å². The number of benzene rings is 1. The third-order valence-corrected chi connectivity index (χ3v) is 4.03. The van der Waals surface area contributed by atoms with Crippen molar-refractivity contribution in [2.24, 2.45) is 0 Å². The van der Waals surface area contributed by atoms with E-state index in [1.54, 1.807) is 22.8 Å². The predicted octanol–water partition coefficient (Wildman–Crippen LogP) is 2.33. The number of hydrogen-bond acceptors (Lipinski definition) is 3. The number of aryl methyl sites for hydroxylation is 1. The average molecular weight is 316 g/mol. The minimum absolute atomic E-state index is 0.0786. The molecule has 1 aromatic carbocycles. The molecule has 0 unspecified atom stereocenters. The normalized spacial score (nSPS) is 14.9. The minimum atomic E-state index is -0.368. The second-order valence-electron chi connectivity index (χ2n) is 5.48. The van der Waals surface area contributed by atoms with E-state index in [9.17, 15) is 14.0 Å². The largest absolute Gasteiger partial charge is 0.469 e. The van der Waals surface area contributed by atoms with E-state index in [4.69, 9.17) is 4.42 Å². The first-order valence-corrected chi connectivity index (χ1v) is 7.44. The molecule has 5 nitrogen and oxygen atoms in total. The second kappa shape index (κ2) is 6.24. The van der Waals surface area contributed by atoms with Gasteiger partial charge in [0, 0.05) is 31.7 Å². The van der Waals surface area contributed by atoms with Crippen LogP contribution in [-0.4, -0.2) is 47.8 Å². The first-order chi connectivity index (χ1) is 11.1. The number of carbonyl (C=O) groups excluding carboxylic acids is 2. The first-order valence-electron chi connectivity index (χ1n) is 7.44. The summed E-state index contributed by atoms with van der Waals surface area (Å²) < 4.78 is 18.1. The highest BCUT2D eigenvalue weighted by atomic mass is 19.1. The van der Waals surface area contributed by atoms with Gasteiger partial charge < -0.3 is 14.2 Å². The van der Waals surface area contributed by atoms with Crippen LogP contribution in [0.4, 0.5) is 4.39 Å². The standard InChI is InChI=1S/C17H17FN2O3/c1-12-15(6-11-23-12)17(22)20-9-7-19(8-10-20)16(21)13-2-4-14(18)5-3-13/h2-6,11H,7-10H2,1H3. The summed E-state index contributed by atoms with van der Waals surface area (Å²) in [6.45, 7) is 3.60. The quantitative estimate of drug-likeness (QED) is 0.854. The van der Waals surface area contributed by atoms with Gasteiger partial charge in [-0.2, -0.15) is 0 Å². The maximum absolute atomic E-state index is 12.9. The van der Waals surface area contributed by atoms with E-state index in [1.807, 2.05) is 0 Å². The van der Waals surface area contributed by atoms with E-state index in [0.29, 0.717) is 43.1 Å². The summed E-state index contributed by atoms with van der Waals surface area (Å²) in [5.74, 6) is 0.00832. The van der Waals surface area contributed by atoms with Gasteiger partial charge in [0.05, 0.1) is 11.8 Å². The van der Waals surface area contributed by atoms with Crippen LogP contribution in [0.15, 0.2) is 41.0 Å². The van der Waals surface area contributed by atoms with E-state index in [1.165, 1.54) is 30.5 Å². The molecule has 23 heavy (non-hydrogen) atoms. The van der Waals surface area contributed by atoms with Crippen LogP contribution in [0.2, 0.25) is 0 Å². The van der Waals surface area contributed by atoms with Gasteiger partial charge in [0.25, 0.3) is 11.8 Å². The van der Waals surface area contributed by atoms with Gasteiger partial charge in [-0.15, -0.1) is 0 Å². The number of amides is 2. The Morgan fingerprint density at radius 1 is 0.957 bits per heavy atom. The fourth-order valence-corrected chi connectivity index (χ4v) is 2.66. The molecule has 3 rings (SSSR count). The van der Waals surface area contributed by atoms with Gasteiger partial charge in [-0.05, 0) is 37.3 Å². The predicted molar refractivity (Wildman–Crippen MR) is 81.7 cm³/mol. The van der Waals surface area contributed by atoms with E-state index in [-0.39, 0.29) is 17.6 Å². The molecule has 1 saturated heterocycles. The van der Waals surface area contributed by atoms with Crippen molar-refractivity contribution < 1.29 is 18.4 Å². The number of carbonyl (C=O) groups is 2. The Morgan fingerprint density at radius 2 is 1.52 bits per heavy atom. The molecule has 1 aliphatic heterocycles. The SMILES string of the molecule is Cc1occc1C(=O)N1CCN(C(=O)c2ccc(F)cc2)CC1.